The molecule has 1 heterocycles. The van der Waals surface area contributed by atoms with Crippen molar-refractivity contribution in [1.29, 1.82) is 0 Å². The Bertz CT molecular complexity index is 1080. The second-order valence-electron chi connectivity index (χ2n) is 6.58. The van der Waals surface area contributed by atoms with Crippen molar-refractivity contribution in [2.75, 3.05) is 0 Å². The Kier molecular flexibility index (Phi) is 4.04. The molecule has 0 amide bonds. The number of fused-ring (bicyclic) bond motifs is 3. The maximum absolute atomic E-state index is 15.0. The van der Waals surface area contributed by atoms with Crippen LogP contribution in [0.4, 0.5) is 8.78 Å². The SMILES string of the molecule is Cc1ccc(CCc2ccc3c(sc4c(F)c(C)ccc43)c2F)cc1. The number of rotatable bonds is 3. The summed E-state index contributed by atoms with van der Waals surface area (Å²) in [6.45, 7) is 3.79. The summed E-state index contributed by atoms with van der Waals surface area (Å²) in [5.74, 6) is -0.442. The molecule has 0 atom stereocenters. The summed E-state index contributed by atoms with van der Waals surface area (Å²) in [5.41, 5.74) is 3.71. The third-order valence-corrected chi connectivity index (χ3v) is 5.97. The highest BCUT2D eigenvalue weighted by atomic mass is 32.1. The number of hydrogen-bond donors (Lipinski definition) is 0. The van der Waals surface area contributed by atoms with Gasteiger partial charge in [0.1, 0.15) is 11.6 Å². The van der Waals surface area contributed by atoms with Gasteiger partial charge in [-0.05, 0) is 43.4 Å². The van der Waals surface area contributed by atoms with Crippen molar-refractivity contribution in [3.63, 3.8) is 0 Å². The molecule has 0 spiro atoms. The molecule has 3 heteroatoms. The van der Waals surface area contributed by atoms with E-state index in [1.807, 2.05) is 18.2 Å². The Labute approximate surface area is 149 Å². The van der Waals surface area contributed by atoms with Gasteiger partial charge >= 0.3 is 0 Å². The second kappa shape index (κ2) is 6.23. The van der Waals surface area contributed by atoms with Crippen molar-refractivity contribution in [1.82, 2.24) is 0 Å². The Morgan fingerprint density at radius 1 is 0.720 bits per heavy atom. The molecule has 0 aliphatic rings. The summed E-state index contributed by atoms with van der Waals surface area (Å²) in [5, 5.41) is 1.60. The van der Waals surface area contributed by atoms with Crippen molar-refractivity contribution in [2.45, 2.75) is 26.7 Å². The molecule has 4 rings (SSSR count). The minimum atomic E-state index is -0.237. The summed E-state index contributed by atoms with van der Waals surface area (Å²) >= 11 is 1.22. The molecule has 0 radical (unpaired) electrons. The molecule has 0 unspecified atom stereocenters. The molecule has 0 saturated heterocycles. The van der Waals surface area contributed by atoms with Crippen LogP contribution >= 0.6 is 11.3 Å². The Morgan fingerprint density at radius 3 is 2.08 bits per heavy atom. The van der Waals surface area contributed by atoms with Gasteiger partial charge in [-0.2, -0.15) is 0 Å². The molecule has 0 nitrogen and oxygen atoms in total. The standard InChI is InChI=1S/C22H18F2S/c1-13-3-6-15(7-4-13)8-9-16-10-12-18-17-11-5-14(2)19(23)21(17)25-22(18)20(16)24/h3-7,10-12H,8-9H2,1-2H3. The second-order valence-corrected chi connectivity index (χ2v) is 7.60. The summed E-state index contributed by atoms with van der Waals surface area (Å²) in [7, 11) is 0. The van der Waals surface area contributed by atoms with Crippen LogP contribution in [0, 0.1) is 25.5 Å². The summed E-state index contributed by atoms with van der Waals surface area (Å²) in [6.07, 6.45) is 1.43. The van der Waals surface area contributed by atoms with Gasteiger partial charge in [-0.25, -0.2) is 8.78 Å². The first kappa shape index (κ1) is 16.2. The van der Waals surface area contributed by atoms with E-state index < -0.39 is 0 Å². The monoisotopic (exact) mass is 352 g/mol. The van der Waals surface area contributed by atoms with Crippen LogP contribution in [0.1, 0.15) is 22.3 Å². The Balaban J connectivity index is 1.73. The lowest BCUT2D eigenvalue weighted by molar-refractivity contribution is 0.622. The van der Waals surface area contributed by atoms with Crippen LogP contribution in [0.15, 0.2) is 48.5 Å². The first-order chi connectivity index (χ1) is 12.0. The van der Waals surface area contributed by atoms with Gasteiger partial charge in [-0.1, -0.05) is 54.1 Å². The number of thiophene rings is 1. The molecule has 0 N–H and O–H groups in total. The fourth-order valence-corrected chi connectivity index (χ4v) is 4.46. The van der Waals surface area contributed by atoms with Crippen LogP contribution in [0.25, 0.3) is 20.2 Å². The molecule has 0 aliphatic heterocycles. The minimum Gasteiger partial charge on any atom is -0.205 e. The topological polar surface area (TPSA) is 0 Å². The van der Waals surface area contributed by atoms with Crippen molar-refractivity contribution in [3.8, 4) is 0 Å². The zero-order valence-corrected chi connectivity index (χ0v) is 15.0. The Morgan fingerprint density at radius 2 is 1.36 bits per heavy atom. The van der Waals surface area contributed by atoms with Gasteiger partial charge in [0.2, 0.25) is 0 Å². The first-order valence-electron chi connectivity index (χ1n) is 8.39. The maximum atomic E-state index is 15.0. The number of hydrogen-bond acceptors (Lipinski definition) is 1. The van der Waals surface area contributed by atoms with Crippen molar-refractivity contribution < 1.29 is 8.78 Å². The van der Waals surface area contributed by atoms with E-state index in [0.29, 0.717) is 26.9 Å². The van der Waals surface area contributed by atoms with Crippen molar-refractivity contribution >= 4 is 31.5 Å². The normalized spacial score (nSPS) is 11.5. The van der Waals surface area contributed by atoms with E-state index in [0.717, 1.165) is 17.2 Å². The average Bonchev–Trinajstić information content (AvgIpc) is 2.99. The molecule has 0 bridgehead atoms. The zero-order valence-electron chi connectivity index (χ0n) is 14.2. The highest BCUT2D eigenvalue weighted by molar-refractivity contribution is 7.25. The van der Waals surface area contributed by atoms with Crippen LogP contribution < -0.4 is 0 Å². The molecule has 0 saturated carbocycles. The molecule has 3 aromatic carbocycles. The minimum absolute atomic E-state index is 0.206. The average molecular weight is 352 g/mol. The van der Waals surface area contributed by atoms with Crippen LogP contribution in [0.5, 0.6) is 0 Å². The quantitative estimate of drug-likeness (QED) is 0.383. The molecule has 1 aromatic heterocycles. The number of halogens is 2. The molecule has 25 heavy (non-hydrogen) atoms. The van der Waals surface area contributed by atoms with Crippen LogP contribution in [-0.4, -0.2) is 0 Å². The summed E-state index contributed by atoms with van der Waals surface area (Å²) < 4.78 is 30.5. The highest BCUT2D eigenvalue weighted by Gasteiger charge is 2.16. The third-order valence-electron chi connectivity index (χ3n) is 4.77. The summed E-state index contributed by atoms with van der Waals surface area (Å²) in [6, 6.07) is 15.7. The lowest BCUT2D eigenvalue weighted by Crippen LogP contribution is -1.95. The Hall–Kier alpha value is -2.26. The van der Waals surface area contributed by atoms with E-state index in [1.165, 1.54) is 22.5 Å². The zero-order chi connectivity index (χ0) is 17.6. The number of benzene rings is 3. The lowest BCUT2D eigenvalue weighted by atomic mass is 10.0. The molecule has 126 valence electrons. The number of aryl methyl sites for hydroxylation is 4. The molecule has 0 fully saturated rings. The molecular weight excluding hydrogens is 334 g/mol. The van der Waals surface area contributed by atoms with Gasteiger partial charge in [0.15, 0.2) is 0 Å². The van der Waals surface area contributed by atoms with Gasteiger partial charge in [0.25, 0.3) is 0 Å². The van der Waals surface area contributed by atoms with Gasteiger partial charge in [-0.15, -0.1) is 11.3 Å². The van der Waals surface area contributed by atoms with Gasteiger partial charge in [0.05, 0.1) is 9.40 Å². The third kappa shape index (κ3) is 2.83. The van der Waals surface area contributed by atoms with Crippen LogP contribution in [0.3, 0.4) is 0 Å². The van der Waals surface area contributed by atoms with Gasteiger partial charge in [-0.3, -0.25) is 0 Å². The highest BCUT2D eigenvalue weighted by Crippen LogP contribution is 2.38. The summed E-state index contributed by atoms with van der Waals surface area (Å²) in [4.78, 5) is 0. The van der Waals surface area contributed by atoms with E-state index in [9.17, 15) is 8.78 Å². The largest absolute Gasteiger partial charge is 0.205 e. The maximum Gasteiger partial charge on any atom is 0.144 e. The molecule has 0 aliphatic carbocycles. The van der Waals surface area contributed by atoms with Crippen LogP contribution in [0.2, 0.25) is 0 Å². The van der Waals surface area contributed by atoms with Crippen LogP contribution in [-0.2, 0) is 12.8 Å². The predicted octanol–water partition coefficient (Wildman–Crippen LogP) is 6.73. The smallest absolute Gasteiger partial charge is 0.144 e. The molecular formula is C22H18F2S. The van der Waals surface area contributed by atoms with Gasteiger partial charge in [0, 0.05) is 10.8 Å². The first-order valence-corrected chi connectivity index (χ1v) is 9.20. The predicted molar refractivity (Wildman–Crippen MR) is 103 cm³/mol. The van der Waals surface area contributed by atoms with E-state index >= 15 is 0 Å². The van der Waals surface area contributed by atoms with Gasteiger partial charge < -0.3 is 0 Å². The lowest BCUT2D eigenvalue weighted by Gasteiger charge is -2.05. The van der Waals surface area contributed by atoms with E-state index in [-0.39, 0.29) is 11.6 Å². The van der Waals surface area contributed by atoms with Crippen molar-refractivity contribution in [2.24, 2.45) is 0 Å². The molecule has 4 aromatic rings. The van der Waals surface area contributed by atoms with E-state index in [4.69, 9.17) is 0 Å². The van der Waals surface area contributed by atoms with E-state index in [1.54, 1.807) is 13.0 Å². The van der Waals surface area contributed by atoms with Crippen molar-refractivity contribution in [3.05, 3.63) is 82.4 Å². The fraction of sp³-hybridized carbons (Fsp3) is 0.182. The fourth-order valence-electron chi connectivity index (χ4n) is 3.20. The van der Waals surface area contributed by atoms with E-state index in [2.05, 4.69) is 31.2 Å².